The third kappa shape index (κ3) is 5.13. The van der Waals surface area contributed by atoms with Crippen molar-refractivity contribution >= 4 is 43.5 Å². The number of hydrogen-bond donors (Lipinski definition) is 0. The zero-order chi connectivity index (χ0) is 33.7. The Morgan fingerprint density at radius 1 is 0.333 bits per heavy atom. The maximum Gasteiger partial charge on any atom is 0.164 e. The van der Waals surface area contributed by atoms with Gasteiger partial charge in [-0.2, -0.15) is 0 Å². The molecule has 8 aromatic carbocycles. The van der Waals surface area contributed by atoms with E-state index in [1.54, 1.807) is 0 Å². The molecule has 0 saturated heterocycles. The van der Waals surface area contributed by atoms with E-state index >= 15 is 0 Å². The second kappa shape index (κ2) is 11.9. The molecule has 2 aromatic heterocycles. The Balaban J connectivity index is 1.21. The van der Waals surface area contributed by atoms with Gasteiger partial charge >= 0.3 is 0 Å². The molecule has 51 heavy (non-hydrogen) atoms. The van der Waals surface area contributed by atoms with Gasteiger partial charge in [-0.15, -0.1) is 0 Å². The van der Waals surface area contributed by atoms with Crippen molar-refractivity contribution in [3.05, 3.63) is 176 Å². The third-order valence-electron chi connectivity index (χ3n) is 9.69. The van der Waals surface area contributed by atoms with E-state index in [0.717, 1.165) is 60.5 Å². The minimum atomic E-state index is 0.599. The van der Waals surface area contributed by atoms with Gasteiger partial charge in [0.2, 0.25) is 0 Å². The number of aromatic nitrogens is 3. The summed E-state index contributed by atoms with van der Waals surface area (Å²) in [6.07, 6.45) is 0. The van der Waals surface area contributed by atoms with E-state index in [4.69, 9.17) is 19.4 Å². The van der Waals surface area contributed by atoms with E-state index < -0.39 is 0 Å². The second-order valence-electron chi connectivity index (χ2n) is 12.8. The van der Waals surface area contributed by atoms with E-state index in [2.05, 4.69) is 115 Å². The summed E-state index contributed by atoms with van der Waals surface area (Å²) in [6.45, 7) is 0. The van der Waals surface area contributed by atoms with Crippen LogP contribution in [0.5, 0.6) is 0 Å². The molecule has 0 saturated carbocycles. The third-order valence-corrected chi connectivity index (χ3v) is 9.69. The molecule has 0 aliphatic carbocycles. The second-order valence-corrected chi connectivity index (χ2v) is 12.8. The van der Waals surface area contributed by atoms with Gasteiger partial charge in [0, 0.05) is 33.0 Å². The van der Waals surface area contributed by atoms with Gasteiger partial charge in [0.15, 0.2) is 17.5 Å². The van der Waals surface area contributed by atoms with Crippen molar-refractivity contribution in [2.75, 3.05) is 0 Å². The molecule has 10 aromatic rings. The Kier molecular flexibility index (Phi) is 6.78. The maximum absolute atomic E-state index is 6.86. The lowest BCUT2D eigenvalue weighted by Gasteiger charge is -2.11. The van der Waals surface area contributed by atoms with Crippen LogP contribution in [-0.4, -0.2) is 15.0 Å². The summed E-state index contributed by atoms with van der Waals surface area (Å²) in [7, 11) is 0. The molecule has 0 fully saturated rings. The Hall–Kier alpha value is -6.91. The van der Waals surface area contributed by atoms with Crippen molar-refractivity contribution in [1.82, 2.24) is 15.0 Å². The fourth-order valence-electron chi connectivity index (χ4n) is 7.13. The van der Waals surface area contributed by atoms with Crippen molar-refractivity contribution in [2.45, 2.75) is 0 Å². The number of furan rings is 1. The summed E-state index contributed by atoms with van der Waals surface area (Å²) in [5, 5.41) is 6.65. The summed E-state index contributed by atoms with van der Waals surface area (Å²) in [5.41, 5.74) is 8.90. The Bertz CT molecular complexity index is 2840. The van der Waals surface area contributed by atoms with Gasteiger partial charge in [-0.3, -0.25) is 0 Å². The van der Waals surface area contributed by atoms with Crippen LogP contribution in [0.2, 0.25) is 0 Å². The van der Waals surface area contributed by atoms with Crippen molar-refractivity contribution in [3.8, 4) is 56.4 Å². The minimum absolute atomic E-state index is 0.599. The Morgan fingerprint density at radius 3 is 1.47 bits per heavy atom. The van der Waals surface area contributed by atoms with Gasteiger partial charge in [-0.25, -0.2) is 15.0 Å². The lowest BCUT2D eigenvalue weighted by molar-refractivity contribution is 0.670. The molecular formula is C47H29N3O. The quantitative estimate of drug-likeness (QED) is 0.186. The molecule has 10 rings (SSSR count). The first kappa shape index (κ1) is 29.0. The predicted molar refractivity (Wildman–Crippen MR) is 209 cm³/mol. The predicted octanol–water partition coefficient (Wildman–Crippen LogP) is 12.4. The molecule has 0 amide bonds. The van der Waals surface area contributed by atoms with Crippen LogP contribution in [0.3, 0.4) is 0 Å². The normalized spacial score (nSPS) is 11.5. The summed E-state index contributed by atoms with van der Waals surface area (Å²) in [6, 6.07) is 61.1. The molecule has 4 nitrogen and oxygen atoms in total. The molecule has 0 radical (unpaired) electrons. The van der Waals surface area contributed by atoms with Crippen LogP contribution >= 0.6 is 0 Å². The number of hydrogen-bond acceptors (Lipinski definition) is 4. The van der Waals surface area contributed by atoms with Gasteiger partial charge in [0.25, 0.3) is 0 Å². The number of rotatable bonds is 5. The topological polar surface area (TPSA) is 51.8 Å². The Labute approximate surface area is 294 Å². The zero-order valence-corrected chi connectivity index (χ0v) is 27.5. The maximum atomic E-state index is 6.86. The van der Waals surface area contributed by atoms with Crippen LogP contribution in [0.4, 0.5) is 0 Å². The van der Waals surface area contributed by atoms with Crippen molar-refractivity contribution in [2.24, 2.45) is 0 Å². The monoisotopic (exact) mass is 651 g/mol. The van der Waals surface area contributed by atoms with E-state index in [0.29, 0.717) is 17.5 Å². The summed E-state index contributed by atoms with van der Waals surface area (Å²) >= 11 is 0. The van der Waals surface area contributed by atoms with Crippen LogP contribution in [0, 0.1) is 0 Å². The molecule has 0 atom stereocenters. The molecule has 0 bridgehead atoms. The highest BCUT2D eigenvalue weighted by Gasteiger charge is 2.21. The molecule has 0 spiro atoms. The standard InChI is InChI=1S/C47H29N3O/c1-4-12-30(13-5-1)35-20-21-37-27-38(23-22-36(37)26-35)39-24-25-40(43-41-28-33-18-10-11-19-34(33)29-42(41)51-44(39)43)47-49-45(31-14-6-2-7-15-31)48-46(50-47)32-16-8-3-9-17-32/h1-29H. The molecule has 0 aliphatic rings. The zero-order valence-electron chi connectivity index (χ0n) is 27.5. The van der Waals surface area contributed by atoms with E-state index in [1.807, 2.05) is 60.7 Å². The van der Waals surface area contributed by atoms with Crippen LogP contribution in [0.15, 0.2) is 180 Å². The highest BCUT2D eigenvalue weighted by atomic mass is 16.3. The number of fused-ring (bicyclic) bond motifs is 5. The average Bonchev–Trinajstić information content (AvgIpc) is 3.58. The van der Waals surface area contributed by atoms with Crippen LogP contribution < -0.4 is 0 Å². The molecule has 0 N–H and O–H groups in total. The summed E-state index contributed by atoms with van der Waals surface area (Å²) in [5.74, 6) is 1.85. The lowest BCUT2D eigenvalue weighted by atomic mass is 9.95. The smallest absolute Gasteiger partial charge is 0.164 e. The summed E-state index contributed by atoms with van der Waals surface area (Å²) < 4.78 is 6.86. The fraction of sp³-hybridized carbons (Fsp3) is 0. The molecule has 238 valence electrons. The van der Waals surface area contributed by atoms with Gasteiger partial charge < -0.3 is 4.42 Å². The van der Waals surface area contributed by atoms with Crippen molar-refractivity contribution < 1.29 is 4.42 Å². The van der Waals surface area contributed by atoms with Crippen LogP contribution in [0.1, 0.15) is 0 Å². The summed E-state index contributed by atoms with van der Waals surface area (Å²) in [4.78, 5) is 15.2. The number of benzene rings is 8. The largest absolute Gasteiger partial charge is 0.455 e. The highest BCUT2D eigenvalue weighted by molar-refractivity contribution is 6.18. The van der Waals surface area contributed by atoms with Crippen molar-refractivity contribution in [3.63, 3.8) is 0 Å². The van der Waals surface area contributed by atoms with E-state index in [9.17, 15) is 0 Å². The molecular weight excluding hydrogens is 623 g/mol. The van der Waals surface area contributed by atoms with E-state index in [1.165, 1.54) is 21.9 Å². The van der Waals surface area contributed by atoms with Crippen molar-refractivity contribution in [1.29, 1.82) is 0 Å². The highest BCUT2D eigenvalue weighted by Crippen LogP contribution is 2.43. The van der Waals surface area contributed by atoms with Crippen LogP contribution in [0.25, 0.3) is 99.9 Å². The molecule has 0 aliphatic heterocycles. The van der Waals surface area contributed by atoms with Gasteiger partial charge in [-0.1, -0.05) is 140 Å². The molecule has 2 heterocycles. The minimum Gasteiger partial charge on any atom is -0.455 e. The first-order valence-corrected chi connectivity index (χ1v) is 17.1. The first-order chi connectivity index (χ1) is 25.2. The lowest BCUT2D eigenvalue weighted by Crippen LogP contribution is -2.00. The van der Waals surface area contributed by atoms with Gasteiger partial charge in [0.05, 0.1) is 0 Å². The van der Waals surface area contributed by atoms with Gasteiger partial charge in [-0.05, 0) is 74.6 Å². The average molecular weight is 652 g/mol. The molecule has 0 unspecified atom stereocenters. The fourth-order valence-corrected chi connectivity index (χ4v) is 7.13. The number of nitrogens with zero attached hydrogens (tertiary/aromatic N) is 3. The van der Waals surface area contributed by atoms with Gasteiger partial charge in [0.1, 0.15) is 11.2 Å². The SMILES string of the molecule is c1ccc(-c2ccc3cc(-c4ccc(-c5nc(-c6ccccc6)nc(-c6ccccc6)n5)c5c4oc4cc6ccccc6cc45)ccc3c2)cc1. The van der Waals surface area contributed by atoms with Crippen LogP contribution in [-0.2, 0) is 0 Å². The Morgan fingerprint density at radius 2 is 0.824 bits per heavy atom. The van der Waals surface area contributed by atoms with E-state index in [-0.39, 0.29) is 0 Å². The molecule has 4 heteroatoms. The first-order valence-electron chi connectivity index (χ1n) is 17.1.